The zero-order valence-corrected chi connectivity index (χ0v) is 9.84. The van der Waals surface area contributed by atoms with Gasteiger partial charge in [0.1, 0.15) is 5.82 Å². The van der Waals surface area contributed by atoms with Gasteiger partial charge in [-0.15, -0.1) is 11.8 Å². The second-order valence-electron chi connectivity index (χ2n) is 4.11. The van der Waals surface area contributed by atoms with Crippen molar-refractivity contribution >= 4 is 11.8 Å². The third-order valence-electron chi connectivity index (χ3n) is 2.98. The zero-order valence-electron chi connectivity index (χ0n) is 9.03. The van der Waals surface area contributed by atoms with E-state index in [1.54, 1.807) is 12.1 Å². The second-order valence-corrected chi connectivity index (χ2v) is 5.39. The standard InChI is InChI=1S/C13H14FNS/c14-11-6-2-4-8-13(11)16-12-7-3-1-5-10(12)9-15/h2,4,6,8,10,12H,1,3,5,7H2. The van der Waals surface area contributed by atoms with Crippen molar-refractivity contribution in [1.82, 2.24) is 0 Å². The van der Waals surface area contributed by atoms with Crippen LogP contribution in [0, 0.1) is 23.1 Å². The lowest BCUT2D eigenvalue weighted by molar-refractivity contribution is 0.439. The van der Waals surface area contributed by atoms with Crippen LogP contribution in [0.5, 0.6) is 0 Å². The summed E-state index contributed by atoms with van der Waals surface area (Å²) >= 11 is 1.53. The van der Waals surface area contributed by atoms with E-state index in [0.717, 1.165) is 25.7 Å². The normalized spacial score (nSPS) is 25.0. The molecule has 0 N–H and O–H groups in total. The molecule has 2 rings (SSSR count). The molecule has 0 heterocycles. The SMILES string of the molecule is N#CC1CCCCC1Sc1ccccc1F. The first-order valence-corrected chi connectivity index (χ1v) is 6.50. The van der Waals surface area contributed by atoms with E-state index in [9.17, 15) is 4.39 Å². The Balaban J connectivity index is 2.09. The van der Waals surface area contributed by atoms with Crippen LogP contribution in [0.1, 0.15) is 25.7 Å². The van der Waals surface area contributed by atoms with Crippen molar-refractivity contribution in [3.05, 3.63) is 30.1 Å². The molecule has 0 aliphatic heterocycles. The summed E-state index contributed by atoms with van der Waals surface area (Å²) in [6, 6.07) is 9.16. The predicted octanol–water partition coefficient (Wildman–Crippen LogP) is 4.00. The monoisotopic (exact) mass is 235 g/mol. The molecule has 1 nitrogen and oxygen atoms in total. The molecule has 1 aliphatic rings. The molecule has 0 bridgehead atoms. The van der Waals surface area contributed by atoms with Crippen LogP contribution in [-0.2, 0) is 0 Å². The molecule has 1 aromatic carbocycles. The van der Waals surface area contributed by atoms with Crippen LogP contribution in [0.15, 0.2) is 29.2 Å². The number of rotatable bonds is 2. The lowest BCUT2D eigenvalue weighted by Gasteiger charge is -2.26. The molecule has 2 atom stereocenters. The Hall–Kier alpha value is -1.01. The van der Waals surface area contributed by atoms with Crippen LogP contribution in [0.3, 0.4) is 0 Å². The molecular weight excluding hydrogens is 221 g/mol. The van der Waals surface area contributed by atoms with Crippen LogP contribution in [-0.4, -0.2) is 5.25 Å². The van der Waals surface area contributed by atoms with Gasteiger partial charge in [-0.25, -0.2) is 4.39 Å². The Labute approximate surface area is 99.7 Å². The molecule has 0 aromatic heterocycles. The van der Waals surface area contributed by atoms with Gasteiger partial charge in [-0.05, 0) is 25.0 Å². The van der Waals surface area contributed by atoms with Gasteiger partial charge in [0.15, 0.2) is 0 Å². The topological polar surface area (TPSA) is 23.8 Å². The molecule has 0 spiro atoms. The fourth-order valence-electron chi connectivity index (χ4n) is 2.09. The lowest BCUT2D eigenvalue weighted by atomic mass is 9.90. The van der Waals surface area contributed by atoms with E-state index >= 15 is 0 Å². The van der Waals surface area contributed by atoms with Crippen molar-refractivity contribution in [2.24, 2.45) is 5.92 Å². The summed E-state index contributed by atoms with van der Waals surface area (Å²) in [4.78, 5) is 0.676. The Morgan fingerprint density at radius 3 is 2.75 bits per heavy atom. The molecule has 0 radical (unpaired) electrons. The molecule has 0 amide bonds. The maximum absolute atomic E-state index is 13.5. The van der Waals surface area contributed by atoms with Gasteiger partial charge >= 0.3 is 0 Å². The molecule has 84 valence electrons. The molecule has 1 fully saturated rings. The van der Waals surface area contributed by atoms with Gasteiger partial charge in [0.05, 0.1) is 12.0 Å². The van der Waals surface area contributed by atoms with E-state index in [-0.39, 0.29) is 17.0 Å². The Morgan fingerprint density at radius 2 is 2.00 bits per heavy atom. The third-order valence-corrected chi connectivity index (χ3v) is 4.44. The highest BCUT2D eigenvalue weighted by molar-refractivity contribution is 8.00. The molecule has 3 heteroatoms. The Morgan fingerprint density at radius 1 is 1.25 bits per heavy atom. The van der Waals surface area contributed by atoms with Gasteiger partial charge < -0.3 is 0 Å². The van der Waals surface area contributed by atoms with Crippen LogP contribution < -0.4 is 0 Å². The van der Waals surface area contributed by atoms with Crippen molar-refractivity contribution in [2.45, 2.75) is 35.8 Å². The van der Waals surface area contributed by atoms with Crippen molar-refractivity contribution in [1.29, 1.82) is 5.26 Å². The van der Waals surface area contributed by atoms with E-state index in [1.807, 2.05) is 6.07 Å². The van der Waals surface area contributed by atoms with Crippen molar-refractivity contribution in [3.63, 3.8) is 0 Å². The fraction of sp³-hybridized carbons (Fsp3) is 0.462. The number of halogens is 1. The van der Waals surface area contributed by atoms with Crippen LogP contribution >= 0.6 is 11.8 Å². The zero-order chi connectivity index (χ0) is 11.4. The Bertz CT molecular complexity index is 399. The first kappa shape index (κ1) is 11.5. The maximum atomic E-state index is 13.5. The number of thioether (sulfide) groups is 1. The van der Waals surface area contributed by atoms with E-state index in [1.165, 1.54) is 17.8 Å². The molecule has 0 saturated heterocycles. The highest BCUT2D eigenvalue weighted by Crippen LogP contribution is 2.37. The smallest absolute Gasteiger partial charge is 0.136 e. The van der Waals surface area contributed by atoms with E-state index in [2.05, 4.69) is 6.07 Å². The summed E-state index contributed by atoms with van der Waals surface area (Å²) in [7, 11) is 0. The van der Waals surface area contributed by atoms with Crippen molar-refractivity contribution < 1.29 is 4.39 Å². The van der Waals surface area contributed by atoms with Gasteiger partial charge in [0.2, 0.25) is 0 Å². The minimum absolute atomic E-state index is 0.0818. The molecule has 1 aliphatic carbocycles. The summed E-state index contributed by atoms with van der Waals surface area (Å²) in [5.74, 6) is -0.0897. The minimum atomic E-state index is -0.172. The number of nitriles is 1. The molecule has 2 unspecified atom stereocenters. The average Bonchev–Trinajstić information content (AvgIpc) is 2.33. The van der Waals surface area contributed by atoms with Crippen LogP contribution in [0.25, 0.3) is 0 Å². The number of hydrogen-bond acceptors (Lipinski definition) is 2. The number of benzene rings is 1. The van der Waals surface area contributed by atoms with Gasteiger partial charge in [-0.1, -0.05) is 25.0 Å². The fourth-order valence-corrected chi connectivity index (χ4v) is 3.40. The van der Waals surface area contributed by atoms with Gasteiger partial charge in [0.25, 0.3) is 0 Å². The first-order chi connectivity index (χ1) is 7.81. The quantitative estimate of drug-likeness (QED) is 0.773. The van der Waals surface area contributed by atoms with Crippen LogP contribution in [0.2, 0.25) is 0 Å². The Kier molecular flexibility index (Phi) is 3.84. The number of nitrogens with zero attached hydrogens (tertiary/aromatic N) is 1. The van der Waals surface area contributed by atoms with Gasteiger partial charge in [0, 0.05) is 10.1 Å². The van der Waals surface area contributed by atoms with Crippen molar-refractivity contribution in [2.75, 3.05) is 0 Å². The summed E-state index contributed by atoms with van der Waals surface area (Å²) in [5, 5.41) is 9.31. The van der Waals surface area contributed by atoms with Crippen molar-refractivity contribution in [3.8, 4) is 6.07 Å². The van der Waals surface area contributed by atoms with Crippen LogP contribution in [0.4, 0.5) is 4.39 Å². The summed E-state index contributed by atoms with van der Waals surface area (Å²) in [6.07, 6.45) is 4.27. The molecule has 1 aromatic rings. The third kappa shape index (κ3) is 2.56. The molecule has 16 heavy (non-hydrogen) atoms. The lowest BCUT2D eigenvalue weighted by Crippen LogP contribution is -2.20. The molecule has 1 saturated carbocycles. The van der Waals surface area contributed by atoms with Gasteiger partial charge in [-0.2, -0.15) is 5.26 Å². The largest absolute Gasteiger partial charge is 0.206 e. The highest BCUT2D eigenvalue weighted by atomic mass is 32.2. The van der Waals surface area contributed by atoms with E-state index < -0.39 is 0 Å². The van der Waals surface area contributed by atoms with Gasteiger partial charge in [-0.3, -0.25) is 0 Å². The minimum Gasteiger partial charge on any atom is -0.206 e. The second kappa shape index (κ2) is 5.36. The van der Waals surface area contributed by atoms with E-state index in [4.69, 9.17) is 5.26 Å². The van der Waals surface area contributed by atoms with E-state index in [0.29, 0.717) is 4.90 Å². The average molecular weight is 235 g/mol. The predicted molar refractivity (Wildman–Crippen MR) is 63.6 cm³/mol. The molecular formula is C13H14FNS. The summed E-state index contributed by atoms with van der Waals surface area (Å²) in [5.41, 5.74) is 0. The summed E-state index contributed by atoms with van der Waals surface area (Å²) < 4.78 is 13.5. The maximum Gasteiger partial charge on any atom is 0.136 e. The highest BCUT2D eigenvalue weighted by Gasteiger charge is 2.26. The first-order valence-electron chi connectivity index (χ1n) is 5.62. The summed E-state index contributed by atoms with van der Waals surface area (Å²) in [6.45, 7) is 0. The number of hydrogen-bond donors (Lipinski definition) is 0.